The molecule has 0 atom stereocenters. The van der Waals surface area contributed by atoms with Gasteiger partial charge in [-0.2, -0.15) is 0 Å². The van der Waals surface area contributed by atoms with Crippen LogP contribution in [0.1, 0.15) is 5.69 Å². The summed E-state index contributed by atoms with van der Waals surface area (Å²) in [5.41, 5.74) is 5.70. The molecule has 0 fully saturated rings. The summed E-state index contributed by atoms with van der Waals surface area (Å²) in [6.07, 6.45) is 1.56. The molecule has 1 aromatic rings. The van der Waals surface area contributed by atoms with Gasteiger partial charge in [0.05, 0.1) is 12.2 Å². The third-order valence-electron chi connectivity index (χ3n) is 1.10. The molecule has 0 saturated heterocycles. The first-order valence-electron chi connectivity index (χ1n) is 3.20. The Balaban J connectivity index is 2.97. The Labute approximate surface area is 64.2 Å². The number of hydrogen-bond donors (Lipinski definition) is 2. The second kappa shape index (κ2) is 3.59. The summed E-state index contributed by atoms with van der Waals surface area (Å²) in [5, 5.41) is 0. The summed E-state index contributed by atoms with van der Waals surface area (Å²) < 4.78 is 0. The molecule has 0 spiro atoms. The van der Waals surface area contributed by atoms with Crippen molar-refractivity contribution in [3.8, 4) is 11.8 Å². The van der Waals surface area contributed by atoms with E-state index in [1.165, 1.54) is 12.1 Å². The summed E-state index contributed by atoms with van der Waals surface area (Å²) in [5.74, 6) is 5.35. The van der Waals surface area contributed by atoms with Gasteiger partial charge in [-0.25, -0.2) is 0 Å². The molecule has 0 aliphatic carbocycles. The fourth-order valence-corrected chi connectivity index (χ4v) is 0.664. The maximum absolute atomic E-state index is 10.7. The van der Waals surface area contributed by atoms with Crippen LogP contribution in [-0.2, 0) is 0 Å². The molecule has 3 nitrogen and oxygen atoms in total. The minimum Gasteiger partial charge on any atom is -0.355 e. The highest BCUT2D eigenvalue weighted by Crippen LogP contribution is 1.82. The molecule has 0 unspecified atom stereocenters. The average Bonchev–Trinajstić information content (AvgIpc) is 2.01. The molecular weight excluding hydrogens is 140 g/mol. The van der Waals surface area contributed by atoms with Gasteiger partial charge in [0.15, 0.2) is 5.43 Å². The minimum absolute atomic E-state index is 0.0509. The van der Waals surface area contributed by atoms with Crippen molar-refractivity contribution >= 4 is 0 Å². The summed E-state index contributed by atoms with van der Waals surface area (Å²) in [6.45, 7) is 0.303. The van der Waals surface area contributed by atoms with Gasteiger partial charge in [0.2, 0.25) is 0 Å². The van der Waals surface area contributed by atoms with Gasteiger partial charge in [0, 0.05) is 18.3 Å². The van der Waals surface area contributed by atoms with E-state index in [1.54, 1.807) is 6.20 Å². The van der Waals surface area contributed by atoms with Gasteiger partial charge in [0.25, 0.3) is 0 Å². The van der Waals surface area contributed by atoms with E-state index in [1.807, 2.05) is 0 Å². The Morgan fingerprint density at radius 3 is 3.09 bits per heavy atom. The standard InChI is InChI=1S/C8H8N2O/c9-4-1-2-7-6-8(11)3-5-10-7/h3,5-6H,4,9H2,(H,10,11). The molecule has 1 rings (SSSR count). The predicted octanol–water partition coefficient (Wildman–Crippen LogP) is -0.315. The number of aromatic nitrogens is 1. The second-order valence-corrected chi connectivity index (χ2v) is 1.94. The Morgan fingerprint density at radius 2 is 2.45 bits per heavy atom. The number of nitrogens with one attached hydrogen (secondary N) is 1. The minimum atomic E-state index is -0.0509. The molecule has 0 amide bonds. The van der Waals surface area contributed by atoms with Crippen LogP contribution in [0, 0.1) is 11.8 Å². The van der Waals surface area contributed by atoms with E-state index in [4.69, 9.17) is 5.73 Å². The zero-order valence-corrected chi connectivity index (χ0v) is 5.92. The highest BCUT2D eigenvalue weighted by molar-refractivity contribution is 5.26. The van der Waals surface area contributed by atoms with Gasteiger partial charge in [-0.3, -0.25) is 4.79 Å². The van der Waals surface area contributed by atoms with Crippen LogP contribution >= 0.6 is 0 Å². The van der Waals surface area contributed by atoms with Crippen LogP contribution in [0.5, 0.6) is 0 Å². The van der Waals surface area contributed by atoms with Crippen LogP contribution in [0.3, 0.4) is 0 Å². The van der Waals surface area contributed by atoms with E-state index in [0.29, 0.717) is 12.2 Å². The van der Waals surface area contributed by atoms with E-state index in [9.17, 15) is 4.79 Å². The van der Waals surface area contributed by atoms with Crippen LogP contribution in [0.4, 0.5) is 0 Å². The Morgan fingerprint density at radius 1 is 1.64 bits per heavy atom. The highest BCUT2D eigenvalue weighted by Gasteiger charge is 1.84. The topological polar surface area (TPSA) is 58.9 Å². The van der Waals surface area contributed by atoms with Gasteiger partial charge in [0.1, 0.15) is 0 Å². The molecule has 0 saturated carbocycles. The number of pyridine rings is 1. The quantitative estimate of drug-likeness (QED) is 0.495. The number of aromatic amines is 1. The van der Waals surface area contributed by atoms with Crippen molar-refractivity contribution in [1.29, 1.82) is 0 Å². The molecule has 0 aliphatic heterocycles. The Hall–Kier alpha value is -1.53. The number of rotatable bonds is 0. The zero-order chi connectivity index (χ0) is 8.10. The second-order valence-electron chi connectivity index (χ2n) is 1.94. The smallest absolute Gasteiger partial charge is 0.182 e. The van der Waals surface area contributed by atoms with Gasteiger partial charge in [-0.05, 0) is 5.92 Å². The molecular formula is C8H8N2O. The van der Waals surface area contributed by atoms with Gasteiger partial charge >= 0.3 is 0 Å². The normalized spacial score (nSPS) is 8.45. The van der Waals surface area contributed by atoms with Crippen LogP contribution in [0.2, 0.25) is 0 Å². The summed E-state index contributed by atoms with van der Waals surface area (Å²) in [4.78, 5) is 13.5. The third-order valence-corrected chi connectivity index (χ3v) is 1.10. The van der Waals surface area contributed by atoms with E-state index in [2.05, 4.69) is 16.8 Å². The first kappa shape index (κ1) is 7.58. The first-order valence-corrected chi connectivity index (χ1v) is 3.20. The fourth-order valence-electron chi connectivity index (χ4n) is 0.664. The van der Waals surface area contributed by atoms with Crippen LogP contribution in [-0.4, -0.2) is 11.5 Å². The zero-order valence-electron chi connectivity index (χ0n) is 5.92. The first-order chi connectivity index (χ1) is 5.33. The highest BCUT2D eigenvalue weighted by atomic mass is 16.1. The molecule has 11 heavy (non-hydrogen) atoms. The largest absolute Gasteiger partial charge is 0.355 e. The lowest BCUT2D eigenvalue weighted by atomic mass is 10.3. The molecule has 0 aliphatic rings. The van der Waals surface area contributed by atoms with Gasteiger partial charge < -0.3 is 10.7 Å². The van der Waals surface area contributed by atoms with Crippen molar-refractivity contribution in [2.45, 2.75) is 0 Å². The summed E-state index contributed by atoms with van der Waals surface area (Å²) in [7, 11) is 0. The molecule has 56 valence electrons. The number of hydrogen-bond acceptors (Lipinski definition) is 2. The van der Waals surface area contributed by atoms with Crippen LogP contribution < -0.4 is 11.2 Å². The third kappa shape index (κ3) is 2.28. The number of nitrogens with two attached hydrogens (primary N) is 1. The maximum atomic E-state index is 10.7. The lowest BCUT2D eigenvalue weighted by Crippen LogP contribution is -1.99. The molecule has 3 heteroatoms. The molecule has 0 bridgehead atoms. The van der Waals surface area contributed by atoms with Crippen LogP contribution in [0.15, 0.2) is 23.1 Å². The van der Waals surface area contributed by atoms with E-state index in [-0.39, 0.29) is 5.43 Å². The molecule has 0 radical (unpaired) electrons. The predicted molar refractivity (Wildman–Crippen MR) is 43.0 cm³/mol. The lowest BCUT2D eigenvalue weighted by molar-refractivity contribution is 1.25. The van der Waals surface area contributed by atoms with E-state index >= 15 is 0 Å². The number of H-pyrrole nitrogens is 1. The molecule has 1 heterocycles. The SMILES string of the molecule is NCC#Cc1cc(=O)cc[nH]1. The lowest BCUT2D eigenvalue weighted by Gasteiger charge is -1.86. The maximum Gasteiger partial charge on any atom is 0.182 e. The van der Waals surface area contributed by atoms with E-state index < -0.39 is 0 Å². The van der Waals surface area contributed by atoms with Crippen molar-refractivity contribution in [1.82, 2.24) is 4.98 Å². The van der Waals surface area contributed by atoms with Crippen molar-refractivity contribution in [3.05, 3.63) is 34.2 Å². The summed E-state index contributed by atoms with van der Waals surface area (Å²) in [6, 6.07) is 2.87. The monoisotopic (exact) mass is 148 g/mol. The Kier molecular flexibility index (Phi) is 2.47. The van der Waals surface area contributed by atoms with E-state index in [0.717, 1.165) is 0 Å². The Bertz CT molecular complexity index is 343. The van der Waals surface area contributed by atoms with Crippen molar-refractivity contribution < 1.29 is 0 Å². The molecule has 3 N–H and O–H groups in total. The van der Waals surface area contributed by atoms with Crippen LogP contribution in [0.25, 0.3) is 0 Å². The van der Waals surface area contributed by atoms with Crippen molar-refractivity contribution in [2.24, 2.45) is 5.73 Å². The van der Waals surface area contributed by atoms with Gasteiger partial charge in [-0.15, -0.1) is 0 Å². The molecule has 1 aromatic heterocycles. The van der Waals surface area contributed by atoms with Crippen molar-refractivity contribution in [2.75, 3.05) is 6.54 Å². The molecule has 0 aromatic carbocycles. The van der Waals surface area contributed by atoms with Gasteiger partial charge in [-0.1, -0.05) is 5.92 Å². The average molecular weight is 148 g/mol. The fraction of sp³-hybridized carbons (Fsp3) is 0.125. The summed E-state index contributed by atoms with van der Waals surface area (Å²) >= 11 is 0. The van der Waals surface area contributed by atoms with Crippen molar-refractivity contribution in [3.63, 3.8) is 0 Å².